The van der Waals surface area contributed by atoms with Crippen molar-refractivity contribution in [2.75, 3.05) is 24.9 Å². The molecule has 6 heteroatoms. The van der Waals surface area contributed by atoms with E-state index in [2.05, 4.69) is 10.6 Å². The van der Waals surface area contributed by atoms with Crippen molar-refractivity contribution in [3.63, 3.8) is 0 Å². The summed E-state index contributed by atoms with van der Waals surface area (Å²) in [5.41, 5.74) is 2.08. The molecule has 2 aromatic carbocycles. The van der Waals surface area contributed by atoms with Gasteiger partial charge in [0.1, 0.15) is 11.5 Å². The second-order valence-electron chi connectivity index (χ2n) is 6.12. The summed E-state index contributed by atoms with van der Waals surface area (Å²) < 4.78 is 10.5. The van der Waals surface area contributed by atoms with Gasteiger partial charge in [-0.05, 0) is 42.5 Å². The standard InChI is InChI=1S/C20H24N2O4/c1-13(2)20(24)22-16-7-5-15(6-8-16)21-19(23)12-14-11-17(25-3)9-10-18(14)26-4/h5-11,13H,12H2,1-4H3,(H,21,23)(H,22,24). The summed E-state index contributed by atoms with van der Waals surface area (Å²) in [6, 6.07) is 12.3. The summed E-state index contributed by atoms with van der Waals surface area (Å²) in [5, 5.41) is 5.64. The first-order valence-electron chi connectivity index (χ1n) is 8.34. The molecular formula is C20H24N2O4. The summed E-state index contributed by atoms with van der Waals surface area (Å²) >= 11 is 0. The first-order chi connectivity index (χ1) is 12.4. The molecule has 0 saturated heterocycles. The number of hydrogen-bond acceptors (Lipinski definition) is 4. The van der Waals surface area contributed by atoms with Crippen LogP contribution in [0.4, 0.5) is 11.4 Å². The zero-order valence-corrected chi connectivity index (χ0v) is 15.5. The normalized spacial score (nSPS) is 10.3. The van der Waals surface area contributed by atoms with Crippen LogP contribution in [0.2, 0.25) is 0 Å². The molecular weight excluding hydrogens is 332 g/mol. The number of nitrogens with one attached hydrogen (secondary N) is 2. The SMILES string of the molecule is COc1ccc(OC)c(CC(=O)Nc2ccc(NC(=O)C(C)C)cc2)c1. The molecule has 0 heterocycles. The average molecular weight is 356 g/mol. The molecule has 2 aromatic rings. The van der Waals surface area contributed by atoms with Gasteiger partial charge in [-0.1, -0.05) is 13.8 Å². The average Bonchev–Trinajstić information content (AvgIpc) is 2.63. The molecule has 0 aliphatic carbocycles. The summed E-state index contributed by atoms with van der Waals surface area (Å²) in [7, 11) is 3.14. The number of hydrogen-bond donors (Lipinski definition) is 2. The van der Waals surface area contributed by atoms with Crippen molar-refractivity contribution in [2.24, 2.45) is 5.92 Å². The minimum Gasteiger partial charge on any atom is -0.497 e. The molecule has 0 bridgehead atoms. The monoisotopic (exact) mass is 356 g/mol. The number of methoxy groups -OCH3 is 2. The van der Waals surface area contributed by atoms with Gasteiger partial charge in [0.2, 0.25) is 11.8 Å². The van der Waals surface area contributed by atoms with Gasteiger partial charge in [-0.2, -0.15) is 0 Å². The number of carbonyl (C=O) groups excluding carboxylic acids is 2. The van der Waals surface area contributed by atoms with Crippen LogP contribution in [-0.4, -0.2) is 26.0 Å². The van der Waals surface area contributed by atoms with Crippen molar-refractivity contribution in [1.29, 1.82) is 0 Å². The fourth-order valence-corrected chi connectivity index (χ4v) is 2.32. The van der Waals surface area contributed by atoms with E-state index < -0.39 is 0 Å². The van der Waals surface area contributed by atoms with E-state index in [4.69, 9.17) is 9.47 Å². The maximum absolute atomic E-state index is 12.3. The third-order valence-corrected chi connectivity index (χ3v) is 3.80. The highest BCUT2D eigenvalue weighted by molar-refractivity contribution is 5.94. The maximum Gasteiger partial charge on any atom is 0.228 e. The van der Waals surface area contributed by atoms with Crippen molar-refractivity contribution in [1.82, 2.24) is 0 Å². The molecule has 26 heavy (non-hydrogen) atoms. The number of benzene rings is 2. The van der Waals surface area contributed by atoms with Crippen LogP contribution in [0.15, 0.2) is 42.5 Å². The Morgan fingerprint density at radius 1 is 0.923 bits per heavy atom. The molecule has 0 fully saturated rings. The molecule has 0 atom stereocenters. The van der Waals surface area contributed by atoms with E-state index in [0.717, 1.165) is 5.56 Å². The van der Waals surface area contributed by atoms with Crippen LogP contribution < -0.4 is 20.1 Å². The fraction of sp³-hybridized carbons (Fsp3) is 0.300. The zero-order chi connectivity index (χ0) is 19.1. The third-order valence-electron chi connectivity index (χ3n) is 3.80. The van der Waals surface area contributed by atoms with Gasteiger partial charge in [0, 0.05) is 22.9 Å². The summed E-state index contributed by atoms with van der Waals surface area (Å²) in [6.45, 7) is 3.66. The summed E-state index contributed by atoms with van der Waals surface area (Å²) in [4.78, 5) is 24.0. The van der Waals surface area contributed by atoms with Crippen molar-refractivity contribution >= 4 is 23.2 Å². The van der Waals surface area contributed by atoms with Crippen LogP contribution in [0, 0.1) is 5.92 Å². The third kappa shape index (κ3) is 5.24. The predicted molar refractivity (Wildman–Crippen MR) is 102 cm³/mol. The van der Waals surface area contributed by atoms with Gasteiger partial charge in [0.05, 0.1) is 20.6 Å². The van der Waals surface area contributed by atoms with Crippen LogP contribution in [0.25, 0.3) is 0 Å². The molecule has 2 N–H and O–H groups in total. The molecule has 138 valence electrons. The fourth-order valence-electron chi connectivity index (χ4n) is 2.32. The van der Waals surface area contributed by atoms with E-state index in [-0.39, 0.29) is 24.2 Å². The Morgan fingerprint density at radius 2 is 1.54 bits per heavy atom. The first kappa shape index (κ1) is 19.3. The van der Waals surface area contributed by atoms with Gasteiger partial charge in [0.25, 0.3) is 0 Å². The van der Waals surface area contributed by atoms with Crippen LogP contribution in [0.1, 0.15) is 19.4 Å². The van der Waals surface area contributed by atoms with Crippen LogP contribution in [-0.2, 0) is 16.0 Å². The van der Waals surface area contributed by atoms with E-state index >= 15 is 0 Å². The van der Waals surface area contributed by atoms with E-state index in [9.17, 15) is 9.59 Å². The van der Waals surface area contributed by atoms with Crippen LogP contribution in [0.5, 0.6) is 11.5 Å². The van der Waals surface area contributed by atoms with E-state index in [1.165, 1.54) is 0 Å². The van der Waals surface area contributed by atoms with E-state index in [1.54, 1.807) is 56.7 Å². The lowest BCUT2D eigenvalue weighted by molar-refractivity contribution is -0.119. The zero-order valence-electron chi connectivity index (χ0n) is 15.5. The van der Waals surface area contributed by atoms with Crippen molar-refractivity contribution in [3.05, 3.63) is 48.0 Å². The van der Waals surface area contributed by atoms with Gasteiger partial charge in [0.15, 0.2) is 0 Å². The van der Waals surface area contributed by atoms with Gasteiger partial charge >= 0.3 is 0 Å². The number of amides is 2. The molecule has 0 aromatic heterocycles. The highest BCUT2D eigenvalue weighted by atomic mass is 16.5. The second kappa shape index (κ2) is 8.89. The minimum absolute atomic E-state index is 0.0492. The highest BCUT2D eigenvalue weighted by Gasteiger charge is 2.11. The van der Waals surface area contributed by atoms with Gasteiger partial charge < -0.3 is 20.1 Å². The summed E-state index contributed by atoms with van der Waals surface area (Å²) in [6.07, 6.45) is 0.159. The quantitative estimate of drug-likeness (QED) is 0.796. The molecule has 0 aliphatic rings. The van der Waals surface area contributed by atoms with Crippen LogP contribution >= 0.6 is 0 Å². The van der Waals surface area contributed by atoms with Gasteiger partial charge in [-0.3, -0.25) is 9.59 Å². The van der Waals surface area contributed by atoms with Crippen molar-refractivity contribution in [2.45, 2.75) is 20.3 Å². The molecule has 0 spiro atoms. The lowest BCUT2D eigenvalue weighted by Gasteiger charge is -2.11. The Kier molecular flexibility index (Phi) is 6.60. The largest absolute Gasteiger partial charge is 0.497 e. The highest BCUT2D eigenvalue weighted by Crippen LogP contribution is 2.25. The molecule has 2 amide bonds. The number of ether oxygens (including phenoxy) is 2. The Bertz CT molecular complexity index is 770. The Labute approximate surface area is 153 Å². The van der Waals surface area contributed by atoms with Gasteiger partial charge in [-0.25, -0.2) is 0 Å². The van der Waals surface area contributed by atoms with Gasteiger partial charge in [-0.15, -0.1) is 0 Å². The second-order valence-corrected chi connectivity index (χ2v) is 6.12. The van der Waals surface area contributed by atoms with Crippen molar-refractivity contribution < 1.29 is 19.1 Å². The lowest BCUT2D eigenvalue weighted by Crippen LogP contribution is -2.18. The Morgan fingerprint density at radius 3 is 2.08 bits per heavy atom. The molecule has 0 unspecified atom stereocenters. The summed E-state index contributed by atoms with van der Waals surface area (Å²) in [5.74, 6) is 0.987. The number of rotatable bonds is 7. The van der Waals surface area contributed by atoms with Crippen LogP contribution in [0.3, 0.4) is 0 Å². The van der Waals surface area contributed by atoms with E-state index in [0.29, 0.717) is 22.9 Å². The van der Waals surface area contributed by atoms with Crippen molar-refractivity contribution in [3.8, 4) is 11.5 Å². The predicted octanol–water partition coefficient (Wildman–Crippen LogP) is 3.48. The Balaban J connectivity index is 2.01. The smallest absolute Gasteiger partial charge is 0.228 e. The molecule has 2 rings (SSSR count). The topological polar surface area (TPSA) is 76.7 Å². The molecule has 0 radical (unpaired) electrons. The maximum atomic E-state index is 12.3. The van der Waals surface area contributed by atoms with E-state index in [1.807, 2.05) is 13.8 Å². The first-order valence-corrected chi connectivity index (χ1v) is 8.34. The lowest BCUT2D eigenvalue weighted by atomic mass is 10.1. The molecule has 6 nitrogen and oxygen atoms in total. The Hall–Kier alpha value is -3.02. The molecule has 0 aliphatic heterocycles. The number of carbonyl (C=O) groups is 2. The number of anilines is 2. The minimum atomic E-state index is -0.171. The molecule has 0 saturated carbocycles.